The van der Waals surface area contributed by atoms with E-state index in [9.17, 15) is 24.6 Å². The summed E-state index contributed by atoms with van der Waals surface area (Å²) >= 11 is 0. The number of aliphatic hydroxyl groups excluding tert-OH is 2. The Morgan fingerprint density at radius 2 is 2.04 bits per heavy atom. The molecule has 10 nitrogen and oxygen atoms in total. The average molecular weight is 391 g/mol. The van der Waals surface area contributed by atoms with Crippen LogP contribution in [0.15, 0.2) is 46.1 Å². The van der Waals surface area contributed by atoms with Gasteiger partial charge in [0.25, 0.3) is 11.5 Å². The normalized spacial score (nSPS) is 24.2. The van der Waals surface area contributed by atoms with Crippen LogP contribution in [0.4, 0.5) is 0 Å². The summed E-state index contributed by atoms with van der Waals surface area (Å²) in [5.41, 5.74) is -1.13. The number of benzene rings is 1. The van der Waals surface area contributed by atoms with Crippen molar-refractivity contribution >= 4 is 5.91 Å². The third-order valence-electron chi connectivity index (χ3n) is 4.55. The van der Waals surface area contributed by atoms with Crippen molar-refractivity contribution in [2.45, 2.75) is 31.1 Å². The average Bonchev–Trinajstić information content (AvgIpc) is 3.02. The Kier molecular flexibility index (Phi) is 6.05. The molecule has 0 unspecified atom stereocenters. The molecular weight excluding hydrogens is 370 g/mol. The lowest BCUT2D eigenvalue weighted by Gasteiger charge is -2.20. The second-order valence-corrected chi connectivity index (χ2v) is 6.32. The molecule has 0 spiro atoms. The first-order chi connectivity index (χ1) is 13.5. The van der Waals surface area contributed by atoms with Crippen molar-refractivity contribution in [1.29, 1.82) is 0 Å². The molecule has 1 aromatic heterocycles. The summed E-state index contributed by atoms with van der Waals surface area (Å²) in [4.78, 5) is 38.9. The van der Waals surface area contributed by atoms with Crippen LogP contribution in [0.25, 0.3) is 0 Å². The lowest BCUT2D eigenvalue weighted by Crippen LogP contribution is -2.41. The Morgan fingerprint density at radius 1 is 1.32 bits per heavy atom. The van der Waals surface area contributed by atoms with Gasteiger partial charge in [-0.2, -0.15) is 0 Å². The molecule has 10 heteroatoms. The van der Waals surface area contributed by atoms with E-state index in [1.54, 1.807) is 0 Å². The van der Waals surface area contributed by atoms with E-state index in [4.69, 9.17) is 9.47 Å². The molecule has 0 radical (unpaired) electrons. The summed E-state index contributed by atoms with van der Waals surface area (Å²) in [6.07, 6.45) is -3.19. The first-order valence-electron chi connectivity index (χ1n) is 8.61. The third kappa shape index (κ3) is 3.90. The first kappa shape index (κ1) is 20.0. The van der Waals surface area contributed by atoms with Crippen LogP contribution in [0.3, 0.4) is 0 Å². The van der Waals surface area contributed by atoms with E-state index in [-0.39, 0.29) is 12.1 Å². The molecule has 0 bridgehead atoms. The van der Waals surface area contributed by atoms with Crippen molar-refractivity contribution in [3.05, 3.63) is 68.5 Å². The Morgan fingerprint density at radius 3 is 2.68 bits per heavy atom. The molecule has 0 saturated carbocycles. The van der Waals surface area contributed by atoms with Crippen molar-refractivity contribution < 1.29 is 24.5 Å². The summed E-state index contributed by atoms with van der Waals surface area (Å²) in [6, 6.07) is 9.11. The number of aromatic amines is 1. The van der Waals surface area contributed by atoms with Crippen LogP contribution in [0, 0.1) is 0 Å². The highest BCUT2D eigenvalue weighted by Gasteiger charge is 2.45. The fourth-order valence-corrected chi connectivity index (χ4v) is 3.06. The number of nitrogens with one attached hydrogen (secondary N) is 2. The van der Waals surface area contributed by atoms with Gasteiger partial charge in [-0.05, 0) is 5.56 Å². The minimum absolute atomic E-state index is 0.199. The standard InChI is InChI=1S/C18H21N3O7/c1-27-14-13(23)12(9-22)28-17(14)21-8-11(16(25)20-18(21)26)15(24)19-7-10-5-3-2-4-6-10/h2-6,8,12-14,17,22-23H,7,9H2,1H3,(H,19,24)(H,20,25,26)/t12-,13+,14-,17-/m1/s1. The van der Waals surface area contributed by atoms with Gasteiger partial charge in [-0.1, -0.05) is 30.3 Å². The highest BCUT2D eigenvalue weighted by molar-refractivity contribution is 5.93. The maximum Gasteiger partial charge on any atom is 0.330 e. The van der Waals surface area contributed by atoms with Crippen molar-refractivity contribution in [1.82, 2.24) is 14.9 Å². The number of aliphatic hydroxyl groups is 2. The lowest BCUT2D eigenvalue weighted by atomic mass is 10.1. The van der Waals surface area contributed by atoms with Crippen molar-refractivity contribution in [2.24, 2.45) is 0 Å². The maximum atomic E-state index is 12.4. The molecule has 4 N–H and O–H groups in total. The minimum atomic E-state index is -1.19. The zero-order valence-electron chi connectivity index (χ0n) is 15.1. The monoisotopic (exact) mass is 391 g/mol. The van der Waals surface area contributed by atoms with Crippen LogP contribution in [0.1, 0.15) is 22.1 Å². The van der Waals surface area contributed by atoms with Gasteiger partial charge in [0.05, 0.1) is 6.61 Å². The van der Waals surface area contributed by atoms with Crippen molar-refractivity contribution in [3.8, 4) is 0 Å². The van der Waals surface area contributed by atoms with Crippen LogP contribution >= 0.6 is 0 Å². The van der Waals surface area contributed by atoms with Crippen molar-refractivity contribution in [2.75, 3.05) is 13.7 Å². The second kappa shape index (κ2) is 8.48. The van der Waals surface area contributed by atoms with E-state index in [1.165, 1.54) is 7.11 Å². The van der Waals surface area contributed by atoms with Gasteiger partial charge in [0.2, 0.25) is 0 Å². The van der Waals surface area contributed by atoms with Crippen LogP contribution in [0.2, 0.25) is 0 Å². The summed E-state index contributed by atoms with van der Waals surface area (Å²) < 4.78 is 11.6. The van der Waals surface area contributed by atoms with Crippen LogP contribution < -0.4 is 16.6 Å². The molecule has 1 aliphatic heterocycles. The van der Waals surface area contributed by atoms with Gasteiger partial charge in [0.1, 0.15) is 23.9 Å². The first-order valence-corrected chi connectivity index (χ1v) is 8.61. The van der Waals surface area contributed by atoms with E-state index < -0.39 is 48.3 Å². The number of methoxy groups -OCH3 is 1. The number of rotatable bonds is 6. The van der Waals surface area contributed by atoms with E-state index in [0.29, 0.717) is 0 Å². The zero-order valence-corrected chi connectivity index (χ0v) is 15.1. The van der Waals surface area contributed by atoms with Gasteiger partial charge in [0.15, 0.2) is 6.23 Å². The molecule has 2 heterocycles. The fraction of sp³-hybridized carbons (Fsp3) is 0.389. The molecule has 28 heavy (non-hydrogen) atoms. The SMILES string of the molecule is CO[C@@H]1[C@@H](O)[C@@H](CO)O[C@H]1n1cc(C(=O)NCc2ccccc2)c(=O)[nH]c1=O. The van der Waals surface area contributed by atoms with Gasteiger partial charge in [-0.15, -0.1) is 0 Å². The van der Waals surface area contributed by atoms with Gasteiger partial charge in [0, 0.05) is 19.9 Å². The van der Waals surface area contributed by atoms with Crippen LogP contribution in [-0.2, 0) is 16.0 Å². The van der Waals surface area contributed by atoms with E-state index >= 15 is 0 Å². The minimum Gasteiger partial charge on any atom is -0.394 e. The molecule has 1 aromatic carbocycles. The predicted molar refractivity (Wildman–Crippen MR) is 96.7 cm³/mol. The molecule has 1 amide bonds. The zero-order chi connectivity index (χ0) is 20.3. The molecule has 3 rings (SSSR count). The van der Waals surface area contributed by atoms with Gasteiger partial charge >= 0.3 is 5.69 Å². The quantitative estimate of drug-likeness (QED) is 0.481. The number of amides is 1. The molecule has 150 valence electrons. The highest BCUT2D eigenvalue weighted by Crippen LogP contribution is 2.30. The smallest absolute Gasteiger partial charge is 0.330 e. The number of carbonyl (C=O) groups is 1. The predicted octanol–water partition coefficient (Wildman–Crippen LogP) is -1.27. The number of H-pyrrole nitrogens is 1. The molecular formula is C18H21N3O7. The topological polar surface area (TPSA) is 143 Å². The van der Waals surface area contributed by atoms with Crippen LogP contribution in [0.5, 0.6) is 0 Å². The summed E-state index contributed by atoms with van der Waals surface area (Å²) in [5.74, 6) is -0.676. The summed E-state index contributed by atoms with van der Waals surface area (Å²) in [7, 11) is 1.31. The van der Waals surface area contributed by atoms with Crippen LogP contribution in [-0.4, -0.2) is 57.7 Å². The Bertz CT molecular complexity index is 940. The van der Waals surface area contributed by atoms with Crippen molar-refractivity contribution in [3.63, 3.8) is 0 Å². The largest absolute Gasteiger partial charge is 0.394 e. The molecule has 1 fully saturated rings. The number of hydrogen-bond donors (Lipinski definition) is 4. The number of carbonyl (C=O) groups excluding carboxylic acids is 1. The third-order valence-corrected chi connectivity index (χ3v) is 4.55. The number of hydrogen-bond acceptors (Lipinski definition) is 7. The second-order valence-electron chi connectivity index (χ2n) is 6.32. The van der Waals surface area contributed by atoms with E-state index in [0.717, 1.165) is 16.3 Å². The highest BCUT2D eigenvalue weighted by atomic mass is 16.6. The molecule has 1 aliphatic rings. The lowest BCUT2D eigenvalue weighted by molar-refractivity contribution is -0.0626. The Hall–Kier alpha value is -2.79. The molecule has 4 atom stereocenters. The van der Waals surface area contributed by atoms with Gasteiger partial charge in [-0.25, -0.2) is 4.79 Å². The number of ether oxygens (including phenoxy) is 2. The molecule has 2 aromatic rings. The van der Waals surface area contributed by atoms with Gasteiger partial charge in [-0.3, -0.25) is 19.1 Å². The number of nitrogens with zero attached hydrogens (tertiary/aromatic N) is 1. The number of aromatic nitrogens is 2. The summed E-state index contributed by atoms with van der Waals surface area (Å²) in [6.45, 7) is -0.287. The Balaban J connectivity index is 1.87. The Labute approximate surface area is 159 Å². The van der Waals surface area contributed by atoms with E-state index in [2.05, 4.69) is 10.3 Å². The van der Waals surface area contributed by atoms with Gasteiger partial charge < -0.3 is 25.0 Å². The molecule has 1 saturated heterocycles. The molecule has 0 aliphatic carbocycles. The maximum absolute atomic E-state index is 12.4. The van der Waals surface area contributed by atoms with E-state index in [1.807, 2.05) is 30.3 Å². The fourth-order valence-electron chi connectivity index (χ4n) is 3.06. The summed E-state index contributed by atoms with van der Waals surface area (Å²) in [5, 5.41) is 22.0.